The van der Waals surface area contributed by atoms with Gasteiger partial charge in [0.05, 0.1) is 19.2 Å². The molecule has 0 saturated carbocycles. The number of aromatic nitrogens is 5. The molecule has 8 nitrogen and oxygen atoms in total. The van der Waals surface area contributed by atoms with Crippen molar-refractivity contribution in [2.24, 2.45) is 0 Å². The van der Waals surface area contributed by atoms with E-state index in [2.05, 4.69) is 29.9 Å². The van der Waals surface area contributed by atoms with Crippen molar-refractivity contribution in [3.8, 4) is 17.1 Å². The fourth-order valence-electron chi connectivity index (χ4n) is 4.54. The van der Waals surface area contributed by atoms with Gasteiger partial charge >= 0.3 is 0 Å². The number of methoxy groups -OCH3 is 1. The molecule has 2 aliphatic rings. The van der Waals surface area contributed by atoms with E-state index >= 15 is 0 Å². The molecule has 1 aromatic carbocycles. The number of nitrogens with zero attached hydrogens (tertiary/aromatic N) is 7. The molecule has 5 heterocycles. The summed E-state index contributed by atoms with van der Waals surface area (Å²) in [5, 5.41) is 5.56. The number of hydrogen-bond donors (Lipinski definition) is 0. The topological polar surface area (TPSA) is 72.2 Å². The maximum Gasteiger partial charge on any atom is 0.163 e. The molecule has 0 fully saturated rings. The molecular formula is C23H22FN7OS. The van der Waals surface area contributed by atoms with E-state index in [0.717, 1.165) is 48.3 Å². The number of halogens is 1. The number of ether oxygens (including phenoxy) is 1. The second-order valence-electron chi connectivity index (χ2n) is 8.19. The minimum Gasteiger partial charge on any atom is -0.497 e. The molecule has 10 heteroatoms. The molecule has 33 heavy (non-hydrogen) atoms. The Kier molecular flexibility index (Phi) is 5.03. The van der Waals surface area contributed by atoms with Crippen LogP contribution in [0, 0.1) is 5.82 Å². The lowest BCUT2D eigenvalue weighted by molar-refractivity contribution is 0.243. The van der Waals surface area contributed by atoms with E-state index in [1.165, 1.54) is 16.5 Å². The number of benzene rings is 1. The maximum atomic E-state index is 14.7. The third kappa shape index (κ3) is 3.65. The van der Waals surface area contributed by atoms with E-state index in [4.69, 9.17) is 4.74 Å². The summed E-state index contributed by atoms with van der Waals surface area (Å²) >= 11 is 1.78. The molecule has 3 aromatic heterocycles. The zero-order valence-electron chi connectivity index (χ0n) is 18.1. The molecular weight excluding hydrogens is 441 g/mol. The fraction of sp³-hybridized carbons (Fsp3) is 0.304. The molecule has 0 aliphatic carbocycles. The SMILES string of the molecule is COc1ccc(CN2Cn3ncnc3-c3c2sc2c3CCN(Cc3ncccn3)C2)c(F)c1. The Bertz CT molecular complexity index is 1310. The van der Waals surface area contributed by atoms with Crippen LogP contribution in [0.2, 0.25) is 0 Å². The first kappa shape index (κ1) is 20.3. The zero-order valence-corrected chi connectivity index (χ0v) is 18.9. The lowest BCUT2D eigenvalue weighted by atomic mass is 10.0. The van der Waals surface area contributed by atoms with Crippen molar-refractivity contribution in [3.05, 3.63) is 70.6 Å². The van der Waals surface area contributed by atoms with Crippen molar-refractivity contribution in [2.45, 2.75) is 32.7 Å². The predicted molar refractivity (Wildman–Crippen MR) is 122 cm³/mol. The van der Waals surface area contributed by atoms with Gasteiger partial charge in [-0.1, -0.05) is 6.07 Å². The van der Waals surface area contributed by atoms with Crippen LogP contribution in [-0.4, -0.2) is 43.3 Å². The smallest absolute Gasteiger partial charge is 0.163 e. The summed E-state index contributed by atoms with van der Waals surface area (Å²) in [7, 11) is 1.54. The van der Waals surface area contributed by atoms with Crippen molar-refractivity contribution in [1.29, 1.82) is 0 Å². The Labute approximate surface area is 194 Å². The Balaban J connectivity index is 1.33. The van der Waals surface area contributed by atoms with Gasteiger partial charge in [0, 0.05) is 48.5 Å². The van der Waals surface area contributed by atoms with Crippen LogP contribution in [0.1, 0.15) is 21.8 Å². The van der Waals surface area contributed by atoms with Crippen LogP contribution in [0.4, 0.5) is 9.39 Å². The van der Waals surface area contributed by atoms with Gasteiger partial charge in [-0.3, -0.25) is 4.90 Å². The largest absolute Gasteiger partial charge is 0.497 e. The molecule has 0 amide bonds. The molecule has 0 atom stereocenters. The fourth-order valence-corrected chi connectivity index (χ4v) is 5.92. The summed E-state index contributed by atoms with van der Waals surface area (Å²) in [6.45, 7) is 3.47. The molecule has 0 unspecified atom stereocenters. The summed E-state index contributed by atoms with van der Waals surface area (Å²) in [5.41, 5.74) is 3.09. The van der Waals surface area contributed by atoms with Gasteiger partial charge in [-0.25, -0.2) is 24.0 Å². The lowest BCUT2D eigenvalue weighted by Crippen LogP contribution is -2.31. The Hall–Kier alpha value is -3.37. The number of thiophene rings is 1. The van der Waals surface area contributed by atoms with Gasteiger partial charge < -0.3 is 9.64 Å². The minimum atomic E-state index is -0.268. The molecule has 4 aromatic rings. The van der Waals surface area contributed by atoms with Crippen LogP contribution in [0.25, 0.3) is 11.4 Å². The van der Waals surface area contributed by atoms with E-state index < -0.39 is 0 Å². The lowest BCUT2D eigenvalue weighted by Gasteiger charge is -2.30. The third-order valence-electron chi connectivity index (χ3n) is 6.15. The van der Waals surface area contributed by atoms with Gasteiger partial charge in [-0.05, 0) is 24.1 Å². The van der Waals surface area contributed by atoms with Gasteiger partial charge in [0.1, 0.15) is 35.4 Å². The summed E-state index contributed by atoms with van der Waals surface area (Å²) in [4.78, 5) is 19.2. The Morgan fingerprint density at radius 3 is 2.85 bits per heavy atom. The van der Waals surface area contributed by atoms with E-state index in [1.54, 1.807) is 49.3 Å². The monoisotopic (exact) mass is 463 g/mol. The van der Waals surface area contributed by atoms with Gasteiger partial charge in [0.15, 0.2) is 5.82 Å². The number of hydrogen-bond acceptors (Lipinski definition) is 8. The number of fused-ring (bicyclic) bond motifs is 5. The quantitative estimate of drug-likeness (QED) is 0.449. The maximum absolute atomic E-state index is 14.7. The van der Waals surface area contributed by atoms with Crippen molar-refractivity contribution in [3.63, 3.8) is 0 Å². The van der Waals surface area contributed by atoms with Crippen molar-refractivity contribution >= 4 is 16.3 Å². The molecule has 0 radical (unpaired) electrons. The van der Waals surface area contributed by atoms with Crippen molar-refractivity contribution < 1.29 is 9.13 Å². The minimum absolute atomic E-state index is 0.268. The average molecular weight is 464 g/mol. The van der Waals surface area contributed by atoms with Gasteiger partial charge in [0.2, 0.25) is 0 Å². The van der Waals surface area contributed by atoms with E-state index in [0.29, 0.717) is 24.5 Å². The molecule has 0 spiro atoms. The highest BCUT2D eigenvalue weighted by atomic mass is 32.1. The van der Waals surface area contributed by atoms with Crippen LogP contribution in [0.15, 0.2) is 43.0 Å². The highest BCUT2D eigenvalue weighted by Gasteiger charge is 2.33. The molecule has 6 rings (SSSR count). The van der Waals surface area contributed by atoms with E-state index in [1.807, 2.05) is 10.7 Å². The highest BCUT2D eigenvalue weighted by Crippen LogP contribution is 2.47. The predicted octanol–water partition coefficient (Wildman–Crippen LogP) is 3.48. The summed E-state index contributed by atoms with van der Waals surface area (Å²) in [6, 6.07) is 6.86. The Morgan fingerprint density at radius 2 is 2.03 bits per heavy atom. The summed E-state index contributed by atoms with van der Waals surface area (Å²) in [5.74, 6) is 1.98. The molecule has 168 valence electrons. The first-order valence-corrected chi connectivity index (χ1v) is 11.6. The van der Waals surface area contributed by atoms with Crippen LogP contribution in [0.5, 0.6) is 5.75 Å². The van der Waals surface area contributed by atoms with Crippen molar-refractivity contribution in [1.82, 2.24) is 29.6 Å². The van der Waals surface area contributed by atoms with Crippen LogP contribution in [-0.2, 0) is 32.7 Å². The highest BCUT2D eigenvalue weighted by molar-refractivity contribution is 7.17. The van der Waals surface area contributed by atoms with Crippen LogP contribution >= 0.6 is 11.3 Å². The van der Waals surface area contributed by atoms with E-state index in [9.17, 15) is 4.39 Å². The zero-order chi connectivity index (χ0) is 22.4. The number of rotatable bonds is 5. The second-order valence-corrected chi connectivity index (χ2v) is 9.27. The van der Waals surface area contributed by atoms with E-state index in [-0.39, 0.29) is 5.82 Å². The van der Waals surface area contributed by atoms with Gasteiger partial charge in [-0.15, -0.1) is 11.3 Å². The normalized spacial score (nSPS) is 15.2. The first-order chi connectivity index (χ1) is 16.2. The van der Waals surface area contributed by atoms with Crippen molar-refractivity contribution in [2.75, 3.05) is 18.6 Å². The first-order valence-electron chi connectivity index (χ1n) is 10.8. The molecule has 0 saturated heterocycles. The molecule has 0 N–H and O–H groups in total. The average Bonchev–Trinajstić information content (AvgIpc) is 3.45. The second kappa shape index (κ2) is 8.20. The third-order valence-corrected chi connectivity index (χ3v) is 7.43. The standard InChI is InChI=1S/C23H22FN7OS/c1-32-16-4-3-15(18(24)9-16)10-30-14-31-22(27-13-28-31)21-17-5-8-29(11-19(17)33-23(21)30)12-20-25-6-2-7-26-20/h2-4,6-7,9,13H,5,8,10-12,14H2,1H3. The summed E-state index contributed by atoms with van der Waals surface area (Å²) in [6.07, 6.45) is 6.09. The molecule has 0 bridgehead atoms. The van der Waals surface area contributed by atoms with Crippen LogP contribution < -0.4 is 9.64 Å². The molecule has 2 aliphatic heterocycles. The van der Waals surface area contributed by atoms with Gasteiger partial charge in [0.25, 0.3) is 0 Å². The summed E-state index contributed by atoms with van der Waals surface area (Å²) < 4.78 is 21.8. The number of anilines is 1. The van der Waals surface area contributed by atoms with Crippen LogP contribution in [0.3, 0.4) is 0 Å². The van der Waals surface area contributed by atoms with Gasteiger partial charge in [-0.2, -0.15) is 5.10 Å². The Morgan fingerprint density at radius 1 is 1.15 bits per heavy atom.